The lowest BCUT2D eigenvalue weighted by Gasteiger charge is -2.02. The molecule has 0 bridgehead atoms. The Balaban J connectivity index is 1.71. The fraction of sp³-hybridized carbons (Fsp3) is 0.250. The summed E-state index contributed by atoms with van der Waals surface area (Å²) in [5.74, 6) is 1.34. The van der Waals surface area contributed by atoms with Gasteiger partial charge in [-0.1, -0.05) is 0 Å². The Hall–Kier alpha value is -1.49. The highest BCUT2D eigenvalue weighted by Gasteiger charge is 1.97. The first-order valence-electron chi connectivity index (χ1n) is 5.41. The van der Waals surface area contributed by atoms with Crippen LogP contribution >= 0.6 is 11.8 Å². The van der Waals surface area contributed by atoms with Crippen LogP contribution in [-0.4, -0.2) is 15.5 Å². The number of halogens is 1. The van der Waals surface area contributed by atoms with Gasteiger partial charge in [0.25, 0.3) is 0 Å². The first-order valence-corrected chi connectivity index (χ1v) is 6.40. The molecule has 17 heavy (non-hydrogen) atoms. The molecule has 2 N–H and O–H groups in total. The Morgan fingerprint density at radius 2 is 2.00 bits per heavy atom. The van der Waals surface area contributed by atoms with Crippen molar-refractivity contribution >= 4 is 17.6 Å². The Labute approximate surface area is 104 Å². The van der Waals surface area contributed by atoms with Gasteiger partial charge in [0.2, 0.25) is 0 Å². The highest BCUT2D eigenvalue weighted by Crippen LogP contribution is 2.19. The second-order valence-corrected chi connectivity index (χ2v) is 4.83. The van der Waals surface area contributed by atoms with Gasteiger partial charge in [0.1, 0.15) is 11.6 Å². The molecule has 0 fully saturated rings. The van der Waals surface area contributed by atoms with Crippen LogP contribution in [0.5, 0.6) is 0 Å². The number of aromatic nitrogens is 2. The lowest BCUT2D eigenvalue weighted by Crippen LogP contribution is -2.00. The van der Waals surface area contributed by atoms with Crippen LogP contribution in [0.2, 0.25) is 0 Å². The summed E-state index contributed by atoms with van der Waals surface area (Å²) in [6.45, 7) is 0.853. The molecule has 1 aromatic carbocycles. The average Bonchev–Trinajstić information content (AvgIpc) is 2.73. The summed E-state index contributed by atoms with van der Waals surface area (Å²) in [5, 5.41) is 4.10. The minimum absolute atomic E-state index is 0.193. The van der Waals surface area contributed by atoms with Crippen LogP contribution in [0.25, 0.3) is 0 Å². The SMILES string of the molecule is Nc1ccn(CCCSc2ccc(F)cc2)n1. The third-order valence-electron chi connectivity index (χ3n) is 2.28. The van der Waals surface area contributed by atoms with Gasteiger partial charge in [-0.25, -0.2) is 4.39 Å². The fourth-order valence-electron chi connectivity index (χ4n) is 1.45. The van der Waals surface area contributed by atoms with Crippen LogP contribution in [0.4, 0.5) is 10.2 Å². The van der Waals surface area contributed by atoms with E-state index in [2.05, 4.69) is 5.10 Å². The summed E-state index contributed by atoms with van der Waals surface area (Å²) in [7, 11) is 0. The largest absolute Gasteiger partial charge is 0.382 e. The highest BCUT2D eigenvalue weighted by molar-refractivity contribution is 7.99. The standard InChI is InChI=1S/C12H14FN3S/c13-10-2-4-11(5-3-10)17-9-1-7-16-8-6-12(14)15-16/h2-6,8H,1,7,9H2,(H2,14,15). The van der Waals surface area contributed by atoms with E-state index in [-0.39, 0.29) is 5.82 Å². The molecule has 0 saturated carbocycles. The zero-order chi connectivity index (χ0) is 12.1. The van der Waals surface area contributed by atoms with E-state index in [9.17, 15) is 4.39 Å². The topological polar surface area (TPSA) is 43.8 Å². The molecule has 0 aliphatic carbocycles. The summed E-state index contributed by atoms with van der Waals surface area (Å²) in [4.78, 5) is 1.09. The number of nitrogen functional groups attached to an aromatic ring is 1. The van der Waals surface area contributed by atoms with E-state index < -0.39 is 0 Å². The Kier molecular flexibility index (Phi) is 4.03. The monoisotopic (exact) mass is 251 g/mol. The van der Waals surface area contributed by atoms with Crippen molar-refractivity contribution in [2.75, 3.05) is 11.5 Å². The molecule has 0 saturated heterocycles. The normalized spacial score (nSPS) is 10.6. The van der Waals surface area contributed by atoms with Gasteiger partial charge in [0.15, 0.2) is 0 Å². The number of aryl methyl sites for hydroxylation is 1. The van der Waals surface area contributed by atoms with Crippen LogP contribution in [0.15, 0.2) is 41.4 Å². The van der Waals surface area contributed by atoms with E-state index in [1.807, 2.05) is 10.9 Å². The zero-order valence-electron chi connectivity index (χ0n) is 9.34. The summed E-state index contributed by atoms with van der Waals surface area (Å²) in [5.41, 5.74) is 5.52. The summed E-state index contributed by atoms with van der Waals surface area (Å²) in [6.07, 6.45) is 2.88. The fourth-order valence-corrected chi connectivity index (χ4v) is 2.29. The molecule has 0 amide bonds. The molecule has 3 nitrogen and oxygen atoms in total. The molecule has 2 rings (SSSR count). The van der Waals surface area contributed by atoms with Crippen LogP contribution < -0.4 is 5.73 Å². The summed E-state index contributed by atoms with van der Waals surface area (Å²) < 4.78 is 14.5. The van der Waals surface area contributed by atoms with E-state index in [0.717, 1.165) is 23.6 Å². The summed E-state index contributed by atoms with van der Waals surface area (Å²) >= 11 is 1.72. The van der Waals surface area contributed by atoms with Gasteiger partial charge < -0.3 is 5.73 Å². The van der Waals surface area contributed by atoms with Gasteiger partial charge >= 0.3 is 0 Å². The van der Waals surface area contributed by atoms with Crippen molar-refractivity contribution in [2.45, 2.75) is 17.9 Å². The zero-order valence-corrected chi connectivity index (χ0v) is 10.2. The number of thioether (sulfide) groups is 1. The molecule has 1 aromatic heterocycles. The van der Waals surface area contributed by atoms with Crippen molar-refractivity contribution in [3.63, 3.8) is 0 Å². The number of rotatable bonds is 5. The van der Waals surface area contributed by atoms with E-state index in [1.165, 1.54) is 12.1 Å². The van der Waals surface area contributed by atoms with E-state index in [0.29, 0.717) is 5.82 Å². The first-order chi connectivity index (χ1) is 8.24. The van der Waals surface area contributed by atoms with Gasteiger partial charge in [-0.3, -0.25) is 4.68 Å². The van der Waals surface area contributed by atoms with Crippen LogP contribution in [-0.2, 0) is 6.54 Å². The molecule has 0 radical (unpaired) electrons. The molecule has 0 aliphatic rings. The predicted octanol–water partition coefficient (Wildman–Crippen LogP) is 2.79. The Morgan fingerprint density at radius 3 is 2.65 bits per heavy atom. The van der Waals surface area contributed by atoms with Crippen molar-refractivity contribution in [3.05, 3.63) is 42.3 Å². The molecular weight excluding hydrogens is 237 g/mol. The van der Waals surface area contributed by atoms with Gasteiger partial charge in [0.05, 0.1) is 0 Å². The quantitative estimate of drug-likeness (QED) is 0.656. The maximum absolute atomic E-state index is 12.7. The molecule has 2 aromatic rings. The number of nitrogens with zero attached hydrogens (tertiary/aromatic N) is 2. The molecule has 0 atom stereocenters. The van der Waals surface area contributed by atoms with Crippen molar-refractivity contribution < 1.29 is 4.39 Å². The number of anilines is 1. The van der Waals surface area contributed by atoms with Crippen LogP contribution in [0.3, 0.4) is 0 Å². The molecular formula is C12H14FN3S. The lowest BCUT2D eigenvalue weighted by molar-refractivity contribution is 0.608. The molecule has 90 valence electrons. The van der Waals surface area contributed by atoms with E-state index in [4.69, 9.17) is 5.73 Å². The van der Waals surface area contributed by atoms with Gasteiger partial charge in [-0.05, 0) is 42.5 Å². The second-order valence-electron chi connectivity index (χ2n) is 3.66. The van der Waals surface area contributed by atoms with E-state index >= 15 is 0 Å². The molecule has 1 heterocycles. The van der Waals surface area contributed by atoms with Crippen molar-refractivity contribution in [3.8, 4) is 0 Å². The highest BCUT2D eigenvalue weighted by atomic mass is 32.2. The maximum Gasteiger partial charge on any atom is 0.145 e. The minimum Gasteiger partial charge on any atom is -0.382 e. The first kappa shape index (κ1) is 12.0. The van der Waals surface area contributed by atoms with Crippen LogP contribution in [0.1, 0.15) is 6.42 Å². The van der Waals surface area contributed by atoms with Crippen molar-refractivity contribution in [2.24, 2.45) is 0 Å². The smallest absolute Gasteiger partial charge is 0.145 e. The molecule has 0 aliphatic heterocycles. The molecule has 0 unspecified atom stereocenters. The minimum atomic E-state index is -0.193. The van der Waals surface area contributed by atoms with Gasteiger partial charge in [-0.15, -0.1) is 11.8 Å². The van der Waals surface area contributed by atoms with Crippen molar-refractivity contribution in [1.82, 2.24) is 9.78 Å². The molecule has 0 spiro atoms. The molecule has 5 heteroatoms. The Bertz CT molecular complexity index is 467. The van der Waals surface area contributed by atoms with Crippen molar-refractivity contribution in [1.29, 1.82) is 0 Å². The third-order valence-corrected chi connectivity index (χ3v) is 3.37. The number of hydrogen-bond acceptors (Lipinski definition) is 3. The average molecular weight is 251 g/mol. The summed E-state index contributed by atoms with van der Waals surface area (Å²) in [6, 6.07) is 8.35. The van der Waals surface area contributed by atoms with Gasteiger partial charge in [0, 0.05) is 17.6 Å². The predicted molar refractivity (Wildman–Crippen MR) is 68.4 cm³/mol. The number of benzene rings is 1. The second kappa shape index (κ2) is 5.72. The third kappa shape index (κ3) is 3.78. The van der Waals surface area contributed by atoms with E-state index in [1.54, 1.807) is 30.0 Å². The number of nitrogens with two attached hydrogens (primary N) is 1. The van der Waals surface area contributed by atoms with Gasteiger partial charge in [-0.2, -0.15) is 5.10 Å². The van der Waals surface area contributed by atoms with Crippen LogP contribution in [0, 0.1) is 5.82 Å². The Morgan fingerprint density at radius 1 is 1.24 bits per heavy atom. The maximum atomic E-state index is 12.7. The number of hydrogen-bond donors (Lipinski definition) is 1. The lowest BCUT2D eigenvalue weighted by atomic mass is 10.4.